The van der Waals surface area contributed by atoms with Crippen molar-refractivity contribution < 1.29 is 9.18 Å². The molecule has 0 bridgehead atoms. The van der Waals surface area contributed by atoms with E-state index < -0.39 is 5.82 Å². The average Bonchev–Trinajstić information content (AvgIpc) is 2.76. The SMILES string of the molecule is CNC1CCN(C(=O)c2ccc(F)cc2Cl)C1. The zero-order valence-electron chi connectivity index (χ0n) is 9.54. The van der Waals surface area contributed by atoms with Crippen LogP contribution in [0.15, 0.2) is 18.2 Å². The van der Waals surface area contributed by atoms with Crippen molar-refractivity contribution in [1.29, 1.82) is 0 Å². The zero-order chi connectivity index (χ0) is 12.4. The topological polar surface area (TPSA) is 32.3 Å². The molecule has 0 spiro atoms. The standard InChI is InChI=1S/C12H14ClFN2O/c1-15-9-4-5-16(7-9)12(17)10-3-2-8(14)6-11(10)13/h2-3,6,9,15H,4-5,7H2,1H3. The van der Waals surface area contributed by atoms with Gasteiger partial charge in [-0.25, -0.2) is 4.39 Å². The maximum atomic E-state index is 12.9. The van der Waals surface area contributed by atoms with Gasteiger partial charge >= 0.3 is 0 Å². The molecule has 1 aliphatic heterocycles. The van der Waals surface area contributed by atoms with Gasteiger partial charge in [-0.3, -0.25) is 4.79 Å². The largest absolute Gasteiger partial charge is 0.337 e. The van der Waals surface area contributed by atoms with E-state index in [1.165, 1.54) is 18.2 Å². The molecule has 0 aromatic heterocycles. The monoisotopic (exact) mass is 256 g/mol. The molecule has 1 saturated heterocycles. The number of amides is 1. The van der Waals surface area contributed by atoms with Crippen LogP contribution in [0.4, 0.5) is 4.39 Å². The van der Waals surface area contributed by atoms with Crippen LogP contribution in [0.3, 0.4) is 0 Å². The highest BCUT2D eigenvalue weighted by atomic mass is 35.5. The van der Waals surface area contributed by atoms with Crippen LogP contribution in [0.1, 0.15) is 16.8 Å². The fourth-order valence-electron chi connectivity index (χ4n) is 2.01. The summed E-state index contributed by atoms with van der Waals surface area (Å²) in [7, 11) is 1.88. The summed E-state index contributed by atoms with van der Waals surface area (Å²) in [4.78, 5) is 13.9. The van der Waals surface area contributed by atoms with Crippen LogP contribution >= 0.6 is 11.6 Å². The molecule has 1 heterocycles. The second-order valence-corrected chi connectivity index (χ2v) is 4.56. The van der Waals surface area contributed by atoms with Gasteiger partial charge in [0.2, 0.25) is 0 Å². The summed E-state index contributed by atoms with van der Waals surface area (Å²) in [5.41, 5.74) is 0.366. The Morgan fingerprint density at radius 3 is 2.94 bits per heavy atom. The second kappa shape index (κ2) is 5.02. The lowest BCUT2D eigenvalue weighted by atomic mass is 10.2. The summed E-state index contributed by atoms with van der Waals surface area (Å²) < 4.78 is 12.9. The summed E-state index contributed by atoms with van der Waals surface area (Å²) >= 11 is 5.87. The zero-order valence-corrected chi connectivity index (χ0v) is 10.3. The van der Waals surface area contributed by atoms with Gasteiger partial charge in [-0.05, 0) is 31.7 Å². The van der Waals surface area contributed by atoms with Gasteiger partial charge in [-0.2, -0.15) is 0 Å². The lowest BCUT2D eigenvalue weighted by Crippen LogP contribution is -2.33. The molecule has 17 heavy (non-hydrogen) atoms. The van der Waals surface area contributed by atoms with E-state index in [2.05, 4.69) is 5.32 Å². The molecule has 1 aromatic rings. The summed E-state index contributed by atoms with van der Waals surface area (Å²) in [6, 6.07) is 4.19. The first-order valence-electron chi connectivity index (χ1n) is 5.53. The number of halogens is 2. The normalized spacial score (nSPS) is 19.7. The van der Waals surface area contributed by atoms with Crippen LogP contribution in [-0.2, 0) is 0 Å². The number of nitrogens with zero attached hydrogens (tertiary/aromatic N) is 1. The second-order valence-electron chi connectivity index (χ2n) is 4.15. The van der Waals surface area contributed by atoms with Crippen molar-refractivity contribution in [3.05, 3.63) is 34.6 Å². The Hall–Kier alpha value is -1.13. The number of carbonyl (C=O) groups is 1. The van der Waals surface area contributed by atoms with Crippen molar-refractivity contribution in [1.82, 2.24) is 10.2 Å². The minimum absolute atomic E-state index is 0.132. The van der Waals surface area contributed by atoms with Crippen LogP contribution in [0.5, 0.6) is 0 Å². The number of benzene rings is 1. The molecule has 1 atom stereocenters. The number of likely N-dealkylation sites (tertiary alicyclic amines) is 1. The molecule has 1 amide bonds. The first kappa shape index (κ1) is 12.3. The third kappa shape index (κ3) is 2.58. The van der Waals surface area contributed by atoms with Gasteiger partial charge < -0.3 is 10.2 Å². The number of hydrogen-bond donors (Lipinski definition) is 1. The predicted molar refractivity (Wildman–Crippen MR) is 64.8 cm³/mol. The number of rotatable bonds is 2. The van der Waals surface area contributed by atoms with Crippen LogP contribution < -0.4 is 5.32 Å². The number of hydrogen-bond acceptors (Lipinski definition) is 2. The average molecular weight is 257 g/mol. The van der Waals surface area contributed by atoms with E-state index in [1.54, 1.807) is 4.90 Å². The highest BCUT2D eigenvalue weighted by molar-refractivity contribution is 6.33. The highest BCUT2D eigenvalue weighted by Gasteiger charge is 2.26. The van der Waals surface area contributed by atoms with Crippen molar-refractivity contribution in [2.45, 2.75) is 12.5 Å². The van der Waals surface area contributed by atoms with E-state index in [9.17, 15) is 9.18 Å². The van der Waals surface area contributed by atoms with Crippen LogP contribution in [-0.4, -0.2) is 37.0 Å². The molecular formula is C12H14ClFN2O. The molecular weight excluding hydrogens is 243 g/mol. The molecule has 1 aromatic carbocycles. The molecule has 1 N–H and O–H groups in total. The minimum Gasteiger partial charge on any atom is -0.337 e. The van der Waals surface area contributed by atoms with Crippen molar-refractivity contribution in [2.24, 2.45) is 0 Å². The number of likely N-dealkylation sites (N-methyl/N-ethyl adjacent to an activating group) is 1. The molecule has 0 radical (unpaired) electrons. The molecule has 1 unspecified atom stereocenters. The van der Waals surface area contributed by atoms with Crippen molar-refractivity contribution in [2.75, 3.05) is 20.1 Å². The first-order valence-corrected chi connectivity index (χ1v) is 5.91. The summed E-state index contributed by atoms with van der Waals surface area (Å²) in [5, 5.41) is 3.31. The Kier molecular flexibility index (Phi) is 3.64. The molecule has 0 saturated carbocycles. The third-order valence-electron chi connectivity index (χ3n) is 3.05. The Morgan fingerprint density at radius 1 is 1.59 bits per heavy atom. The van der Waals surface area contributed by atoms with E-state index in [1.807, 2.05) is 7.05 Å². The Labute approximate surface area is 105 Å². The van der Waals surface area contributed by atoms with Gasteiger partial charge in [-0.1, -0.05) is 11.6 Å². The number of nitrogens with one attached hydrogen (secondary N) is 1. The fraction of sp³-hybridized carbons (Fsp3) is 0.417. The molecule has 5 heteroatoms. The predicted octanol–water partition coefficient (Wildman–Crippen LogP) is 1.91. The summed E-state index contributed by atoms with van der Waals surface area (Å²) in [6.45, 7) is 1.38. The Morgan fingerprint density at radius 2 is 2.35 bits per heavy atom. The first-order chi connectivity index (χ1) is 8.11. The van der Waals surface area contributed by atoms with E-state index in [0.717, 1.165) is 6.42 Å². The smallest absolute Gasteiger partial charge is 0.255 e. The van der Waals surface area contributed by atoms with Gasteiger partial charge in [0, 0.05) is 19.1 Å². The molecule has 1 fully saturated rings. The Bertz CT molecular complexity index is 439. The van der Waals surface area contributed by atoms with E-state index in [-0.39, 0.29) is 10.9 Å². The van der Waals surface area contributed by atoms with E-state index >= 15 is 0 Å². The van der Waals surface area contributed by atoms with Gasteiger partial charge in [0.1, 0.15) is 5.82 Å². The van der Waals surface area contributed by atoms with E-state index in [4.69, 9.17) is 11.6 Å². The van der Waals surface area contributed by atoms with Crippen molar-refractivity contribution in [3.8, 4) is 0 Å². The van der Waals surface area contributed by atoms with Gasteiger partial charge in [0.05, 0.1) is 10.6 Å². The fourth-order valence-corrected chi connectivity index (χ4v) is 2.26. The molecule has 92 valence electrons. The van der Waals surface area contributed by atoms with Gasteiger partial charge in [0.25, 0.3) is 5.91 Å². The lowest BCUT2D eigenvalue weighted by Gasteiger charge is -2.17. The Balaban J connectivity index is 2.15. The van der Waals surface area contributed by atoms with Crippen molar-refractivity contribution in [3.63, 3.8) is 0 Å². The summed E-state index contributed by atoms with van der Waals surface area (Å²) in [5.74, 6) is -0.561. The maximum absolute atomic E-state index is 12.9. The lowest BCUT2D eigenvalue weighted by molar-refractivity contribution is 0.0790. The summed E-state index contributed by atoms with van der Waals surface area (Å²) in [6.07, 6.45) is 0.932. The van der Waals surface area contributed by atoms with E-state index in [0.29, 0.717) is 24.7 Å². The van der Waals surface area contributed by atoms with Crippen LogP contribution in [0, 0.1) is 5.82 Å². The molecule has 0 aliphatic carbocycles. The van der Waals surface area contributed by atoms with Crippen molar-refractivity contribution >= 4 is 17.5 Å². The molecule has 1 aliphatic rings. The highest BCUT2D eigenvalue weighted by Crippen LogP contribution is 2.21. The van der Waals surface area contributed by atoms with Gasteiger partial charge in [0.15, 0.2) is 0 Å². The van der Waals surface area contributed by atoms with Crippen LogP contribution in [0.2, 0.25) is 5.02 Å². The minimum atomic E-state index is -0.430. The van der Waals surface area contributed by atoms with Crippen LogP contribution in [0.25, 0.3) is 0 Å². The number of carbonyl (C=O) groups excluding carboxylic acids is 1. The van der Waals surface area contributed by atoms with Gasteiger partial charge in [-0.15, -0.1) is 0 Å². The molecule has 3 nitrogen and oxygen atoms in total. The maximum Gasteiger partial charge on any atom is 0.255 e. The third-order valence-corrected chi connectivity index (χ3v) is 3.36. The molecule has 2 rings (SSSR count). The quantitative estimate of drug-likeness (QED) is 0.877.